The molecule has 0 spiro atoms. The molecular weight excluding hydrogens is 945 g/mol. The van der Waals surface area contributed by atoms with Gasteiger partial charge in [0.15, 0.2) is 56.3 Å². The zero-order valence-corrected chi connectivity index (χ0v) is 30.2. The van der Waals surface area contributed by atoms with Gasteiger partial charge in [-0.15, -0.1) is 0 Å². The van der Waals surface area contributed by atoms with Gasteiger partial charge < -0.3 is 5.11 Å². The van der Waals surface area contributed by atoms with Crippen molar-refractivity contribution in [1.82, 2.24) is 0 Å². The third kappa shape index (κ3) is 17.1. The van der Waals surface area contributed by atoms with Crippen LogP contribution >= 0.6 is 121 Å². The smallest absolute Gasteiger partial charge is 0.341 e. The Hall–Kier alpha value is 0.440. The van der Waals surface area contributed by atoms with Crippen LogP contribution in [-0.4, -0.2) is 37.7 Å². The van der Waals surface area contributed by atoms with Crippen molar-refractivity contribution in [2.45, 2.75) is 9.79 Å². The molecule has 0 heterocycles. The maximum Gasteiger partial charge on any atom is 0.341 e. The summed E-state index contributed by atoms with van der Waals surface area (Å²) in [5.74, 6) is -21.3. The molecule has 0 aliphatic carbocycles. The Labute approximate surface area is 292 Å². The van der Waals surface area contributed by atoms with Gasteiger partial charge in [-0.05, 0) is 45.3 Å². The van der Waals surface area contributed by atoms with E-state index in [1.54, 1.807) is 0 Å². The van der Waals surface area contributed by atoms with Gasteiger partial charge in [0.2, 0.25) is 0 Å². The zero-order valence-electron chi connectivity index (χ0n) is 19.3. The predicted octanol–water partition coefficient (Wildman–Crippen LogP) is 10.9. The number of hydrogen-bond acceptors (Lipinski definition) is 7. The number of aromatic carboxylic acids is 1. The standard InChI is InChI=1S/C7Cl2F4O3S.C7H2F4O5S.Cl5P.Cl3OP/c8-7(14)1-2(10)4(12)6(17(9,15)16)5(13)3(1)11;8-2-1(7(12)13)3(9)5(11)6(4(2)10)17(14,15)16;1-6(2,3,4)5;1-5(2,3)4/h;(H,12,13)(H,14,15,16);;. The molecule has 0 amide bonds. The molecule has 0 radical (unpaired) electrons. The second-order valence-electron chi connectivity index (χ2n) is 6.45. The number of hydrogen-bond donors (Lipinski definition) is 2. The molecule has 31 heteroatoms. The van der Waals surface area contributed by atoms with Gasteiger partial charge >= 0.3 is 80.9 Å². The summed E-state index contributed by atoms with van der Waals surface area (Å²) in [4.78, 5) is 16.5. The molecule has 0 aliphatic rings. The van der Waals surface area contributed by atoms with Crippen LogP contribution in [0.2, 0.25) is 0 Å². The Kier molecular flexibility index (Phi) is 17.9. The first-order chi connectivity index (χ1) is 19.4. The molecule has 2 aromatic carbocycles. The minimum Gasteiger partial charge on any atom is -0.477 e. The molecule has 9 nitrogen and oxygen atoms in total. The minimum atomic E-state index is -5.57. The van der Waals surface area contributed by atoms with E-state index in [-0.39, 0.29) is 0 Å². The van der Waals surface area contributed by atoms with Crippen molar-refractivity contribution in [2.75, 3.05) is 0 Å². The summed E-state index contributed by atoms with van der Waals surface area (Å²) in [6.45, 7) is 0. The van der Waals surface area contributed by atoms with Crippen LogP contribution in [0.4, 0.5) is 35.1 Å². The van der Waals surface area contributed by atoms with Gasteiger partial charge in [0, 0.05) is 10.7 Å². The average Bonchev–Trinajstić information content (AvgIpc) is 2.72. The molecular formula is C14H2Cl10F8O9P2S2. The molecule has 2 aromatic rings. The van der Waals surface area contributed by atoms with Gasteiger partial charge in [-0.2, -0.15) is 8.42 Å². The Balaban J connectivity index is 0. The number of carbonyl (C=O) groups excluding carboxylic acids is 1. The van der Waals surface area contributed by atoms with Gasteiger partial charge in [-0.1, -0.05) is 0 Å². The number of carboxylic acids is 1. The predicted molar refractivity (Wildman–Crippen MR) is 154 cm³/mol. The van der Waals surface area contributed by atoms with E-state index in [1.165, 1.54) is 0 Å². The van der Waals surface area contributed by atoms with E-state index in [4.69, 9.17) is 65.9 Å². The molecule has 0 bridgehead atoms. The van der Waals surface area contributed by atoms with Crippen molar-refractivity contribution < 1.29 is 75.8 Å². The van der Waals surface area contributed by atoms with Crippen LogP contribution in [-0.2, 0) is 23.7 Å². The molecule has 2 rings (SSSR count). The third-order valence-electron chi connectivity index (χ3n) is 3.36. The fraction of sp³-hybridized carbons (Fsp3) is 0. The van der Waals surface area contributed by atoms with Crippen molar-refractivity contribution in [3.63, 3.8) is 0 Å². The Bertz CT molecular complexity index is 1590. The van der Waals surface area contributed by atoms with E-state index in [0.717, 1.165) is 0 Å². The first-order valence-electron chi connectivity index (χ1n) is 8.78. The normalized spacial score (nSPS) is 12.6. The molecule has 2 N–H and O–H groups in total. The second-order valence-corrected chi connectivity index (χ2v) is 33.9. The van der Waals surface area contributed by atoms with Crippen LogP contribution in [0.15, 0.2) is 9.79 Å². The van der Waals surface area contributed by atoms with Gasteiger partial charge in [0.1, 0.15) is 11.1 Å². The van der Waals surface area contributed by atoms with E-state index in [0.29, 0.717) is 0 Å². The van der Waals surface area contributed by atoms with E-state index in [1.807, 2.05) is 0 Å². The van der Waals surface area contributed by atoms with Crippen LogP contribution in [0.5, 0.6) is 0 Å². The van der Waals surface area contributed by atoms with Gasteiger partial charge in [-0.3, -0.25) is 13.9 Å². The van der Waals surface area contributed by atoms with Crippen molar-refractivity contribution in [3.8, 4) is 0 Å². The summed E-state index contributed by atoms with van der Waals surface area (Å²) < 4.78 is 161. The molecule has 0 saturated heterocycles. The fourth-order valence-corrected chi connectivity index (χ4v) is 3.84. The summed E-state index contributed by atoms with van der Waals surface area (Å²) in [5.41, 5.74) is -3.72. The molecule has 45 heavy (non-hydrogen) atoms. The quantitative estimate of drug-likeness (QED) is 0.1000. The largest absolute Gasteiger partial charge is 0.477 e. The van der Waals surface area contributed by atoms with Crippen LogP contribution in [0.1, 0.15) is 20.7 Å². The van der Waals surface area contributed by atoms with E-state index in [2.05, 4.69) is 56.0 Å². The molecule has 0 atom stereocenters. The first-order valence-corrected chi connectivity index (χ1v) is 24.1. The van der Waals surface area contributed by atoms with Gasteiger partial charge in [0.05, 0.1) is 0 Å². The number of halogens is 18. The Morgan fingerprint density at radius 2 is 0.844 bits per heavy atom. The SMILES string of the molecule is ClP(Cl)(Cl)(Cl)Cl.O=C(Cl)c1c(F)c(F)c(S(=O)(=O)Cl)c(F)c1F.O=C(O)c1c(F)c(F)c(S(=O)(=O)O)c(F)c1F.O=P(Cl)(Cl)Cl. The maximum atomic E-state index is 13.1. The fourth-order valence-electron chi connectivity index (χ4n) is 2.02. The van der Waals surface area contributed by atoms with Crippen molar-refractivity contribution >= 4 is 151 Å². The third-order valence-corrected chi connectivity index (χ3v) is 5.73. The summed E-state index contributed by atoms with van der Waals surface area (Å²) >= 11 is 43.4. The Morgan fingerprint density at radius 3 is 1.02 bits per heavy atom. The topological polar surface area (TPSA) is 160 Å². The van der Waals surface area contributed by atoms with Gasteiger partial charge in [-0.25, -0.2) is 48.3 Å². The monoisotopic (exact) mass is 942 g/mol. The Morgan fingerprint density at radius 1 is 0.622 bits per heavy atom. The van der Waals surface area contributed by atoms with Crippen molar-refractivity contribution in [2.24, 2.45) is 0 Å². The van der Waals surface area contributed by atoms with E-state index in [9.17, 15) is 66.1 Å². The summed E-state index contributed by atoms with van der Waals surface area (Å²) in [5, 5.41) is 3.22. The molecule has 0 aliphatic heterocycles. The molecule has 0 aromatic heterocycles. The molecule has 260 valence electrons. The number of benzene rings is 2. The van der Waals surface area contributed by atoms with Crippen LogP contribution in [0.3, 0.4) is 0 Å². The summed E-state index contributed by atoms with van der Waals surface area (Å²) in [6, 6.07) is 0. The zero-order chi connectivity index (χ0) is 37.0. The van der Waals surface area contributed by atoms with Crippen LogP contribution in [0.25, 0.3) is 0 Å². The number of carboxylic acid groups (broad SMARTS) is 1. The van der Waals surface area contributed by atoms with Crippen molar-refractivity contribution in [1.29, 1.82) is 0 Å². The summed E-state index contributed by atoms with van der Waals surface area (Å²) in [7, 11) is -6.05. The first kappa shape index (κ1) is 47.6. The van der Waals surface area contributed by atoms with E-state index < -0.39 is 106 Å². The molecule has 0 saturated carbocycles. The molecule has 0 fully saturated rings. The average molecular weight is 947 g/mol. The van der Waals surface area contributed by atoms with Crippen LogP contribution in [0, 0.1) is 46.5 Å². The number of carbonyl (C=O) groups is 2. The number of rotatable bonds is 4. The molecule has 0 unspecified atom stereocenters. The van der Waals surface area contributed by atoms with Crippen LogP contribution < -0.4 is 0 Å². The maximum absolute atomic E-state index is 13.1. The van der Waals surface area contributed by atoms with Crippen molar-refractivity contribution in [3.05, 3.63) is 57.7 Å². The summed E-state index contributed by atoms with van der Waals surface area (Å²) in [6.07, 6.45) is 0. The minimum absolute atomic E-state index is 1.73. The van der Waals surface area contributed by atoms with Gasteiger partial charge in [0.25, 0.3) is 14.3 Å². The van der Waals surface area contributed by atoms with E-state index >= 15 is 0 Å². The second kappa shape index (κ2) is 16.9.